The molecule has 2 aromatic rings. The van der Waals surface area contributed by atoms with Crippen LogP contribution in [0.25, 0.3) is 11.5 Å². The fraction of sp³-hybridized carbons (Fsp3) is 0.467. The molecule has 0 bridgehead atoms. The van der Waals surface area contributed by atoms with Gasteiger partial charge in [0.15, 0.2) is 0 Å². The van der Waals surface area contributed by atoms with Crippen LogP contribution in [-0.2, 0) is 16.1 Å². The van der Waals surface area contributed by atoms with Gasteiger partial charge in [-0.05, 0) is 18.4 Å². The summed E-state index contributed by atoms with van der Waals surface area (Å²) in [6, 6.07) is 1.53. The number of methoxy groups -OCH3 is 1. The second kappa shape index (κ2) is 6.20. The van der Waals surface area contributed by atoms with Gasteiger partial charge in [-0.2, -0.15) is 11.3 Å². The highest BCUT2D eigenvalue weighted by Crippen LogP contribution is 2.27. The molecule has 3 rings (SSSR count). The van der Waals surface area contributed by atoms with E-state index in [-0.39, 0.29) is 5.97 Å². The van der Waals surface area contributed by atoms with Crippen molar-refractivity contribution in [2.75, 3.05) is 13.7 Å². The minimum atomic E-state index is -0.521. The van der Waals surface area contributed by atoms with E-state index in [2.05, 4.69) is 4.98 Å². The van der Waals surface area contributed by atoms with Crippen molar-refractivity contribution in [2.45, 2.75) is 32.0 Å². The summed E-state index contributed by atoms with van der Waals surface area (Å²) in [5, 5.41) is 13.8. The molecule has 0 unspecified atom stereocenters. The lowest BCUT2D eigenvalue weighted by atomic mass is 10.2. The molecular formula is C15H18N2O4S. The van der Waals surface area contributed by atoms with E-state index in [9.17, 15) is 9.90 Å². The Balaban J connectivity index is 1.79. The van der Waals surface area contributed by atoms with Crippen LogP contribution in [0.1, 0.15) is 17.9 Å². The third kappa shape index (κ3) is 2.92. The molecule has 1 aliphatic rings. The number of esters is 1. The van der Waals surface area contributed by atoms with Gasteiger partial charge in [0.1, 0.15) is 11.8 Å². The molecule has 1 saturated heterocycles. The monoisotopic (exact) mass is 322 g/mol. The standard InChI is InChI=1S/C15H18N2O4S/c1-9-12(16-14(21-9)10-3-4-22-8-10)7-17-6-11(18)5-13(17)15(19)20-2/h3-4,8,11,13,18H,5-7H2,1-2H3/t11-,13+/m1/s1. The van der Waals surface area contributed by atoms with E-state index in [0.29, 0.717) is 25.4 Å². The van der Waals surface area contributed by atoms with Gasteiger partial charge in [-0.3, -0.25) is 9.69 Å². The van der Waals surface area contributed by atoms with Crippen LogP contribution in [0.5, 0.6) is 0 Å². The number of nitrogens with zero attached hydrogens (tertiary/aromatic N) is 2. The van der Waals surface area contributed by atoms with Gasteiger partial charge in [0.2, 0.25) is 5.89 Å². The van der Waals surface area contributed by atoms with Crippen LogP contribution in [-0.4, -0.2) is 46.8 Å². The molecule has 2 atom stereocenters. The van der Waals surface area contributed by atoms with E-state index in [1.165, 1.54) is 7.11 Å². The highest BCUT2D eigenvalue weighted by Gasteiger charge is 2.37. The van der Waals surface area contributed by atoms with Crippen molar-refractivity contribution in [3.63, 3.8) is 0 Å². The van der Waals surface area contributed by atoms with Crippen LogP contribution in [0, 0.1) is 6.92 Å². The second-order valence-electron chi connectivity index (χ2n) is 5.39. The van der Waals surface area contributed by atoms with E-state index in [1.54, 1.807) is 11.3 Å². The second-order valence-corrected chi connectivity index (χ2v) is 6.17. The number of thiophene rings is 1. The molecule has 0 amide bonds. The van der Waals surface area contributed by atoms with E-state index < -0.39 is 12.1 Å². The quantitative estimate of drug-likeness (QED) is 0.865. The normalized spacial score (nSPS) is 22.1. The predicted molar refractivity (Wildman–Crippen MR) is 81.4 cm³/mol. The Morgan fingerprint density at radius 3 is 3.14 bits per heavy atom. The molecule has 3 heterocycles. The molecule has 0 radical (unpaired) electrons. The topological polar surface area (TPSA) is 75.8 Å². The summed E-state index contributed by atoms with van der Waals surface area (Å²) in [5.74, 6) is 0.991. The first-order valence-electron chi connectivity index (χ1n) is 7.07. The summed E-state index contributed by atoms with van der Waals surface area (Å²) in [6.07, 6.45) is -0.131. The number of hydrogen-bond acceptors (Lipinski definition) is 7. The maximum absolute atomic E-state index is 11.8. The van der Waals surface area contributed by atoms with Crippen LogP contribution in [0.2, 0.25) is 0 Å². The van der Waals surface area contributed by atoms with Crippen molar-refractivity contribution in [1.82, 2.24) is 9.88 Å². The van der Waals surface area contributed by atoms with Crippen molar-refractivity contribution >= 4 is 17.3 Å². The van der Waals surface area contributed by atoms with Gasteiger partial charge < -0.3 is 14.3 Å². The van der Waals surface area contributed by atoms with Gasteiger partial charge in [-0.25, -0.2) is 4.98 Å². The van der Waals surface area contributed by atoms with Crippen molar-refractivity contribution in [3.8, 4) is 11.5 Å². The lowest BCUT2D eigenvalue weighted by Gasteiger charge is -2.20. The Morgan fingerprint density at radius 2 is 2.45 bits per heavy atom. The minimum Gasteiger partial charge on any atom is -0.468 e. The van der Waals surface area contributed by atoms with Gasteiger partial charge in [-0.15, -0.1) is 0 Å². The molecule has 7 heteroatoms. The molecule has 6 nitrogen and oxygen atoms in total. The number of carbonyl (C=O) groups excluding carboxylic acids is 1. The Hall–Kier alpha value is -1.70. The number of rotatable bonds is 4. The number of aromatic nitrogens is 1. The zero-order valence-electron chi connectivity index (χ0n) is 12.5. The van der Waals surface area contributed by atoms with E-state index in [0.717, 1.165) is 17.0 Å². The SMILES string of the molecule is COC(=O)[C@@H]1C[C@@H](O)CN1Cc1nc(-c2ccsc2)oc1C. The summed E-state index contributed by atoms with van der Waals surface area (Å²) in [6.45, 7) is 2.74. The van der Waals surface area contributed by atoms with Crippen molar-refractivity contribution in [2.24, 2.45) is 0 Å². The smallest absolute Gasteiger partial charge is 0.323 e. The van der Waals surface area contributed by atoms with Crippen molar-refractivity contribution in [3.05, 3.63) is 28.3 Å². The molecular weight excluding hydrogens is 304 g/mol. The zero-order valence-corrected chi connectivity index (χ0v) is 13.3. The first kappa shape index (κ1) is 15.2. The highest BCUT2D eigenvalue weighted by atomic mass is 32.1. The summed E-state index contributed by atoms with van der Waals surface area (Å²) < 4.78 is 10.5. The first-order chi connectivity index (χ1) is 10.6. The number of β-amino-alcohol motifs (C(OH)–C–C–N with tert-alkyl or cyclic N) is 1. The number of ether oxygens (including phenoxy) is 1. The summed E-state index contributed by atoms with van der Waals surface area (Å²) in [5.41, 5.74) is 1.73. The molecule has 118 valence electrons. The van der Waals surface area contributed by atoms with Crippen LogP contribution in [0.3, 0.4) is 0 Å². The summed E-state index contributed by atoms with van der Waals surface area (Å²) in [4.78, 5) is 18.2. The Bertz CT molecular complexity index is 653. The van der Waals surface area contributed by atoms with E-state index in [1.807, 2.05) is 28.7 Å². The highest BCUT2D eigenvalue weighted by molar-refractivity contribution is 7.08. The third-order valence-corrected chi connectivity index (χ3v) is 4.55. The molecule has 0 spiro atoms. The molecule has 22 heavy (non-hydrogen) atoms. The molecule has 0 aliphatic carbocycles. The molecule has 2 aromatic heterocycles. The number of aryl methyl sites for hydroxylation is 1. The van der Waals surface area contributed by atoms with Crippen LogP contribution in [0.4, 0.5) is 0 Å². The van der Waals surface area contributed by atoms with Gasteiger partial charge in [0.25, 0.3) is 0 Å². The van der Waals surface area contributed by atoms with E-state index in [4.69, 9.17) is 9.15 Å². The predicted octanol–water partition coefficient (Wildman–Crippen LogP) is 1.82. The number of oxazole rings is 1. The Kier molecular flexibility index (Phi) is 4.28. The van der Waals surface area contributed by atoms with Gasteiger partial charge in [0, 0.05) is 30.5 Å². The number of aliphatic hydroxyl groups excluding tert-OH is 1. The Labute approximate surface area is 132 Å². The summed E-state index contributed by atoms with van der Waals surface area (Å²) >= 11 is 1.59. The van der Waals surface area contributed by atoms with Crippen LogP contribution in [0.15, 0.2) is 21.2 Å². The third-order valence-electron chi connectivity index (χ3n) is 3.87. The van der Waals surface area contributed by atoms with Crippen LogP contribution >= 0.6 is 11.3 Å². The van der Waals surface area contributed by atoms with Crippen molar-refractivity contribution in [1.29, 1.82) is 0 Å². The lowest BCUT2D eigenvalue weighted by molar-refractivity contribution is -0.146. The average Bonchev–Trinajstić information content (AvgIpc) is 3.20. The minimum absolute atomic E-state index is 0.323. The Morgan fingerprint density at radius 1 is 1.64 bits per heavy atom. The average molecular weight is 322 g/mol. The molecule has 1 N–H and O–H groups in total. The van der Waals surface area contributed by atoms with Gasteiger partial charge >= 0.3 is 5.97 Å². The van der Waals surface area contributed by atoms with E-state index >= 15 is 0 Å². The van der Waals surface area contributed by atoms with Gasteiger partial charge in [0.05, 0.1) is 18.9 Å². The number of carbonyl (C=O) groups is 1. The zero-order chi connectivity index (χ0) is 15.7. The molecule has 0 aromatic carbocycles. The fourth-order valence-electron chi connectivity index (χ4n) is 2.71. The molecule has 0 saturated carbocycles. The lowest BCUT2D eigenvalue weighted by Crippen LogP contribution is -2.36. The van der Waals surface area contributed by atoms with Crippen LogP contribution < -0.4 is 0 Å². The van der Waals surface area contributed by atoms with Gasteiger partial charge in [-0.1, -0.05) is 0 Å². The molecule has 1 fully saturated rings. The fourth-order valence-corrected chi connectivity index (χ4v) is 3.34. The maximum atomic E-state index is 11.8. The number of likely N-dealkylation sites (tertiary alicyclic amines) is 1. The van der Waals surface area contributed by atoms with Crippen molar-refractivity contribution < 1.29 is 19.1 Å². The maximum Gasteiger partial charge on any atom is 0.323 e. The summed E-state index contributed by atoms with van der Waals surface area (Å²) in [7, 11) is 1.36. The number of hydrogen-bond donors (Lipinski definition) is 1. The first-order valence-corrected chi connectivity index (χ1v) is 8.01. The molecule has 1 aliphatic heterocycles. The largest absolute Gasteiger partial charge is 0.468 e. The number of aliphatic hydroxyl groups is 1.